The van der Waals surface area contributed by atoms with E-state index in [0.717, 1.165) is 29.5 Å². The molecule has 0 unspecified atom stereocenters. The summed E-state index contributed by atoms with van der Waals surface area (Å²) in [5, 5.41) is 3.70. The fraction of sp³-hybridized carbons (Fsp3) is 0.300. The van der Waals surface area contributed by atoms with Crippen LogP contribution >= 0.6 is 11.3 Å². The van der Waals surface area contributed by atoms with Crippen LogP contribution in [0.15, 0.2) is 42.6 Å². The second-order valence-electron chi connectivity index (χ2n) is 5.98. The third-order valence-electron chi connectivity index (χ3n) is 4.01. The van der Waals surface area contributed by atoms with Crippen LogP contribution < -0.4 is 10.1 Å². The molecular formula is C20H21FN2O2S. The lowest BCUT2D eigenvalue weighted by Crippen LogP contribution is -2.22. The molecule has 3 aromatic rings. The van der Waals surface area contributed by atoms with Crippen LogP contribution in [0.4, 0.5) is 4.39 Å². The Labute approximate surface area is 156 Å². The van der Waals surface area contributed by atoms with Gasteiger partial charge >= 0.3 is 0 Å². The van der Waals surface area contributed by atoms with E-state index in [1.54, 1.807) is 30.5 Å². The van der Waals surface area contributed by atoms with Crippen molar-refractivity contribution >= 4 is 27.5 Å². The van der Waals surface area contributed by atoms with Crippen molar-refractivity contribution in [3.8, 4) is 5.75 Å². The van der Waals surface area contributed by atoms with Crippen molar-refractivity contribution in [2.75, 3.05) is 6.61 Å². The molecular weight excluding hydrogens is 351 g/mol. The minimum Gasteiger partial charge on any atom is -0.491 e. The number of ether oxygens (including phenoxy) is 1. The summed E-state index contributed by atoms with van der Waals surface area (Å²) in [6.07, 6.45) is 4.74. The lowest BCUT2D eigenvalue weighted by atomic mass is 10.2. The molecule has 0 saturated carbocycles. The Hall–Kier alpha value is -2.47. The highest BCUT2D eigenvalue weighted by atomic mass is 32.1. The number of rotatable bonds is 8. The molecule has 0 atom stereocenters. The summed E-state index contributed by atoms with van der Waals surface area (Å²) in [6, 6.07) is 10.5. The van der Waals surface area contributed by atoms with Crippen LogP contribution in [0.3, 0.4) is 0 Å². The minimum atomic E-state index is -0.415. The first-order valence-corrected chi connectivity index (χ1v) is 9.53. The number of unbranched alkanes of at least 4 members (excludes halogenated alkanes) is 2. The third-order valence-corrected chi connectivity index (χ3v) is 5.06. The van der Waals surface area contributed by atoms with E-state index in [9.17, 15) is 9.18 Å². The molecule has 4 nitrogen and oxygen atoms in total. The standard InChI is InChI=1S/C20H21FN2O2S/c1-2-3-4-11-25-16-9-5-7-15(18(16)21)13-23-19(24)17-12-14-8-6-10-22-20(14)26-17/h5-10,12H,2-4,11,13H2,1H3,(H,23,24). The zero-order chi connectivity index (χ0) is 18.4. The number of nitrogens with zero attached hydrogens (tertiary/aromatic N) is 1. The fourth-order valence-corrected chi connectivity index (χ4v) is 3.50. The molecule has 0 fully saturated rings. The normalized spacial score (nSPS) is 10.8. The summed E-state index contributed by atoms with van der Waals surface area (Å²) in [5.41, 5.74) is 0.408. The Bertz CT molecular complexity index is 861. The number of carbonyl (C=O) groups is 1. The monoisotopic (exact) mass is 372 g/mol. The molecule has 0 aliphatic rings. The summed E-state index contributed by atoms with van der Waals surface area (Å²) in [7, 11) is 0. The van der Waals surface area contributed by atoms with Crippen molar-refractivity contribution in [3.05, 3.63) is 58.9 Å². The first-order valence-electron chi connectivity index (χ1n) is 8.72. The molecule has 1 amide bonds. The predicted octanol–water partition coefficient (Wildman–Crippen LogP) is 4.93. The molecule has 0 aliphatic carbocycles. The van der Waals surface area contributed by atoms with Crippen LogP contribution in [0, 0.1) is 5.82 Å². The van der Waals surface area contributed by atoms with E-state index in [-0.39, 0.29) is 18.2 Å². The summed E-state index contributed by atoms with van der Waals surface area (Å²) < 4.78 is 20.0. The van der Waals surface area contributed by atoms with Gasteiger partial charge in [0.15, 0.2) is 11.6 Å². The number of hydrogen-bond acceptors (Lipinski definition) is 4. The van der Waals surface area contributed by atoms with Crippen molar-refractivity contribution < 1.29 is 13.9 Å². The van der Waals surface area contributed by atoms with E-state index in [0.29, 0.717) is 17.0 Å². The number of thiophene rings is 1. The van der Waals surface area contributed by atoms with Crippen LogP contribution in [0.1, 0.15) is 41.4 Å². The maximum absolute atomic E-state index is 14.5. The fourth-order valence-electron chi connectivity index (χ4n) is 2.59. The van der Waals surface area contributed by atoms with E-state index >= 15 is 0 Å². The Morgan fingerprint density at radius 2 is 2.15 bits per heavy atom. The number of hydrogen-bond donors (Lipinski definition) is 1. The molecule has 136 valence electrons. The number of carbonyl (C=O) groups excluding carboxylic acids is 1. The van der Waals surface area contributed by atoms with Gasteiger partial charge in [0, 0.05) is 23.7 Å². The van der Waals surface area contributed by atoms with Gasteiger partial charge in [0.05, 0.1) is 11.5 Å². The third kappa shape index (κ3) is 4.38. The molecule has 0 bridgehead atoms. The highest BCUT2D eigenvalue weighted by molar-refractivity contribution is 7.20. The molecule has 3 rings (SSSR count). The molecule has 1 N–H and O–H groups in total. The number of pyridine rings is 1. The van der Waals surface area contributed by atoms with Crippen LogP contribution in [0.5, 0.6) is 5.75 Å². The summed E-state index contributed by atoms with van der Waals surface area (Å²) >= 11 is 1.32. The van der Waals surface area contributed by atoms with Gasteiger partial charge in [0.1, 0.15) is 4.83 Å². The van der Waals surface area contributed by atoms with Gasteiger partial charge in [-0.15, -0.1) is 11.3 Å². The van der Waals surface area contributed by atoms with Crippen molar-refractivity contribution in [2.45, 2.75) is 32.7 Å². The van der Waals surface area contributed by atoms with Gasteiger partial charge in [-0.2, -0.15) is 0 Å². The van der Waals surface area contributed by atoms with Gasteiger partial charge < -0.3 is 10.1 Å². The number of aromatic nitrogens is 1. The molecule has 0 saturated heterocycles. The molecule has 26 heavy (non-hydrogen) atoms. The van der Waals surface area contributed by atoms with Crippen molar-refractivity contribution in [3.63, 3.8) is 0 Å². The van der Waals surface area contributed by atoms with Crippen molar-refractivity contribution in [2.24, 2.45) is 0 Å². The average molecular weight is 372 g/mol. The van der Waals surface area contributed by atoms with Gasteiger partial charge in [0.25, 0.3) is 5.91 Å². The lowest BCUT2D eigenvalue weighted by molar-refractivity contribution is 0.0954. The molecule has 1 aromatic carbocycles. The van der Waals surface area contributed by atoms with Crippen molar-refractivity contribution in [1.82, 2.24) is 10.3 Å². The van der Waals surface area contributed by atoms with E-state index in [4.69, 9.17) is 4.74 Å². The predicted molar refractivity (Wildman–Crippen MR) is 102 cm³/mol. The highest BCUT2D eigenvalue weighted by Crippen LogP contribution is 2.24. The molecule has 2 aromatic heterocycles. The van der Waals surface area contributed by atoms with E-state index in [2.05, 4.69) is 17.2 Å². The van der Waals surface area contributed by atoms with Gasteiger partial charge in [-0.3, -0.25) is 4.79 Å². The smallest absolute Gasteiger partial charge is 0.261 e. The van der Waals surface area contributed by atoms with E-state index in [1.165, 1.54) is 11.3 Å². The minimum absolute atomic E-state index is 0.110. The second kappa shape index (κ2) is 8.76. The van der Waals surface area contributed by atoms with Gasteiger partial charge in [-0.05, 0) is 24.6 Å². The second-order valence-corrected chi connectivity index (χ2v) is 7.01. The maximum Gasteiger partial charge on any atom is 0.261 e. The lowest BCUT2D eigenvalue weighted by Gasteiger charge is -2.10. The molecule has 0 aliphatic heterocycles. The number of benzene rings is 1. The molecule has 0 radical (unpaired) electrons. The molecule has 0 spiro atoms. The SMILES string of the molecule is CCCCCOc1cccc(CNC(=O)c2cc3cccnc3s2)c1F. The zero-order valence-electron chi connectivity index (χ0n) is 14.6. The van der Waals surface area contributed by atoms with Gasteiger partial charge in [-0.1, -0.05) is 38.0 Å². The van der Waals surface area contributed by atoms with Crippen LogP contribution in [0.2, 0.25) is 0 Å². The average Bonchev–Trinajstić information content (AvgIpc) is 3.09. The highest BCUT2D eigenvalue weighted by Gasteiger charge is 2.13. The molecule has 6 heteroatoms. The Morgan fingerprint density at radius 1 is 1.27 bits per heavy atom. The van der Waals surface area contributed by atoms with Gasteiger partial charge in [-0.25, -0.2) is 9.37 Å². The number of amides is 1. The first-order chi connectivity index (χ1) is 12.7. The van der Waals surface area contributed by atoms with Crippen molar-refractivity contribution in [1.29, 1.82) is 0 Å². The Morgan fingerprint density at radius 3 is 2.96 bits per heavy atom. The van der Waals surface area contributed by atoms with Gasteiger partial charge in [0.2, 0.25) is 0 Å². The Balaban J connectivity index is 1.62. The quantitative estimate of drug-likeness (QED) is 0.570. The Kier molecular flexibility index (Phi) is 6.17. The number of nitrogens with one attached hydrogen (secondary N) is 1. The summed E-state index contributed by atoms with van der Waals surface area (Å²) in [4.78, 5) is 18.0. The maximum atomic E-state index is 14.5. The van der Waals surface area contributed by atoms with Crippen LogP contribution in [-0.4, -0.2) is 17.5 Å². The summed E-state index contributed by atoms with van der Waals surface area (Å²) in [5.74, 6) is -0.414. The first kappa shape index (κ1) is 18.3. The van der Waals surface area contributed by atoms with E-state index < -0.39 is 5.82 Å². The zero-order valence-corrected chi connectivity index (χ0v) is 15.4. The van der Waals surface area contributed by atoms with Crippen LogP contribution in [-0.2, 0) is 6.54 Å². The van der Waals surface area contributed by atoms with Crippen LogP contribution in [0.25, 0.3) is 10.2 Å². The summed E-state index contributed by atoms with van der Waals surface area (Å²) in [6.45, 7) is 2.71. The topological polar surface area (TPSA) is 51.2 Å². The van der Waals surface area contributed by atoms with E-state index in [1.807, 2.05) is 12.1 Å². The number of fused-ring (bicyclic) bond motifs is 1. The molecule has 2 heterocycles. The largest absolute Gasteiger partial charge is 0.491 e. The number of halogens is 1.